The van der Waals surface area contributed by atoms with Crippen LogP contribution >= 0.6 is 0 Å². The zero-order chi connectivity index (χ0) is 17.8. The summed E-state index contributed by atoms with van der Waals surface area (Å²) in [6.45, 7) is 2.29. The Hall–Kier alpha value is -2.74. The van der Waals surface area contributed by atoms with Crippen molar-refractivity contribution in [3.63, 3.8) is 0 Å². The molecular weight excluding hydrogens is 330 g/mol. The van der Waals surface area contributed by atoms with Gasteiger partial charge in [-0.3, -0.25) is 9.48 Å². The lowest BCUT2D eigenvalue weighted by Gasteiger charge is -2.23. The number of hydrogen-bond acceptors (Lipinski definition) is 5. The number of carbonyl (C=O) groups excluding carboxylic acids is 1. The van der Waals surface area contributed by atoms with Gasteiger partial charge in [0.2, 0.25) is 0 Å². The van der Waals surface area contributed by atoms with Gasteiger partial charge < -0.3 is 10.6 Å². The molecule has 1 aliphatic rings. The summed E-state index contributed by atoms with van der Waals surface area (Å²) in [5.41, 5.74) is 2.34. The fraction of sp³-hybridized carbons (Fsp3) is 0.444. The Morgan fingerprint density at radius 2 is 2.31 bits per heavy atom. The zero-order valence-electron chi connectivity index (χ0n) is 14.6. The van der Waals surface area contributed by atoms with Crippen molar-refractivity contribution in [2.75, 3.05) is 6.54 Å². The average molecular weight is 353 g/mol. The minimum Gasteiger partial charge on any atom is -0.346 e. The smallest absolute Gasteiger partial charge is 0.273 e. The minimum absolute atomic E-state index is 0.214. The standard InChI is InChI=1S/C18H23N7O/c26-18(20-12-14-4-3-10-25-17(14)6-9-21-25)16-13-24(23-22-16)11-7-15-5-1-2-8-19-15/h3-4,6,9-10,13,15,19H,1-2,5,7-8,11-12H2,(H,20,26). The van der Waals surface area contributed by atoms with E-state index in [1.165, 1.54) is 19.3 Å². The second-order valence-corrected chi connectivity index (χ2v) is 6.68. The predicted molar refractivity (Wildman–Crippen MR) is 96.6 cm³/mol. The first-order valence-corrected chi connectivity index (χ1v) is 9.12. The van der Waals surface area contributed by atoms with Crippen LogP contribution in [0.15, 0.2) is 36.8 Å². The number of hydrogen-bond donors (Lipinski definition) is 2. The number of pyridine rings is 1. The molecule has 8 heteroatoms. The maximum absolute atomic E-state index is 12.3. The Balaban J connectivity index is 1.32. The number of aryl methyl sites for hydroxylation is 1. The summed E-state index contributed by atoms with van der Waals surface area (Å²) in [5, 5.41) is 18.7. The van der Waals surface area contributed by atoms with Crippen molar-refractivity contribution in [3.05, 3.63) is 48.0 Å². The lowest BCUT2D eigenvalue weighted by molar-refractivity contribution is 0.0946. The van der Waals surface area contributed by atoms with Crippen molar-refractivity contribution in [3.8, 4) is 0 Å². The van der Waals surface area contributed by atoms with Gasteiger partial charge in [0, 0.05) is 31.5 Å². The highest BCUT2D eigenvalue weighted by atomic mass is 16.2. The maximum Gasteiger partial charge on any atom is 0.273 e. The molecule has 0 saturated carbocycles. The molecule has 3 aromatic heterocycles. The number of carbonyl (C=O) groups is 1. The molecule has 1 saturated heterocycles. The molecule has 1 fully saturated rings. The van der Waals surface area contributed by atoms with E-state index in [1.54, 1.807) is 21.6 Å². The quantitative estimate of drug-likeness (QED) is 0.699. The average Bonchev–Trinajstić information content (AvgIpc) is 3.35. The molecule has 0 aromatic carbocycles. The molecule has 26 heavy (non-hydrogen) atoms. The van der Waals surface area contributed by atoms with E-state index in [9.17, 15) is 4.79 Å². The van der Waals surface area contributed by atoms with Crippen LogP contribution < -0.4 is 10.6 Å². The monoisotopic (exact) mass is 353 g/mol. The molecule has 136 valence electrons. The van der Waals surface area contributed by atoms with Crippen LogP contribution in [0.2, 0.25) is 0 Å². The lowest BCUT2D eigenvalue weighted by Crippen LogP contribution is -2.34. The molecule has 0 radical (unpaired) electrons. The Kier molecular flexibility index (Phi) is 4.92. The van der Waals surface area contributed by atoms with Crippen molar-refractivity contribution in [1.82, 2.24) is 35.2 Å². The van der Waals surface area contributed by atoms with Crippen LogP contribution in [-0.4, -0.2) is 43.1 Å². The Labute approximate surface area is 151 Å². The first-order valence-electron chi connectivity index (χ1n) is 9.12. The van der Waals surface area contributed by atoms with Gasteiger partial charge in [-0.2, -0.15) is 5.10 Å². The summed E-state index contributed by atoms with van der Waals surface area (Å²) in [4.78, 5) is 12.3. The molecule has 2 N–H and O–H groups in total. The first-order chi connectivity index (χ1) is 12.8. The Bertz CT molecular complexity index is 878. The molecule has 1 unspecified atom stereocenters. The summed E-state index contributed by atoms with van der Waals surface area (Å²) < 4.78 is 3.54. The van der Waals surface area contributed by atoms with Crippen molar-refractivity contribution in [2.45, 2.75) is 44.8 Å². The predicted octanol–water partition coefficient (Wildman–Crippen LogP) is 1.39. The van der Waals surface area contributed by atoms with Crippen molar-refractivity contribution in [2.24, 2.45) is 0 Å². The molecule has 4 rings (SSSR count). The van der Waals surface area contributed by atoms with Crippen molar-refractivity contribution >= 4 is 11.4 Å². The molecule has 8 nitrogen and oxygen atoms in total. The van der Waals surface area contributed by atoms with Gasteiger partial charge in [-0.05, 0) is 43.5 Å². The number of fused-ring (bicyclic) bond motifs is 1. The molecule has 4 heterocycles. The molecule has 0 aliphatic carbocycles. The lowest BCUT2D eigenvalue weighted by atomic mass is 10.0. The summed E-state index contributed by atoms with van der Waals surface area (Å²) in [5.74, 6) is -0.214. The maximum atomic E-state index is 12.3. The molecular formula is C18H23N7O. The van der Waals surface area contributed by atoms with Crippen LogP contribution in [0.25, 0.3) is 5.52 Å². The third kappa shape index (κ3) is 3.75. The highest BCUT2D eigenvalue weighted by Gasteiger charge is 2.14. The second-order valence-electron chi connectivity index (χ2n) is 6.68. The molecule has 1 aliphatic heterocycles. The van der Waals surface area contributed by atoms with Crippen LogP contribution in [0.1, 0.15) is 41.7 Å². The van der Waals surface area contributed by atoms with Crippen molar-refractivity contribution in [1.29, 1.82) is 0 Å². The van der Waals surface area contributed by atoms with E-state index < -0.39 is 0 Å². The van der Waals surface area contributed by atoms with Gasteiger partial charge in [-0.25, -0.2) is 4.52 Å². The van der Waals surface area contributed by atoms with Crippen LogP contribution in [0.4, 0.5) is 0 Å². The van der Waals surface area contributed by atoms with Crippen LogP contribution in [-0.2, 0) is 13.1 Å². The van der Waals surface area contributed by atoms with E-state index in [0.29, 0.717) is 18.3 Å². The fourth-order valence-corrected chi connectivity index (χ4v) is 3.40. The highest BCUT2D eigenvalue weighted by Crippen LogP contribution is 2.11. The largest absolute Gasteiger partial charge is 0.346 e. The van der Waals surface area contributed by atoms with E-state index >= 15 is 0 Å². The van der Waals surface area contributed by atoms with E-state index in [2.05, 4.69) is 26.0 Å². The number of nitrogens with one attached hydrogen (secondary N) is 2. The normalized spacial score (nSPS) is 17.5. The fourth-order valence-electron chi connectivity index (χ4n) is 3.40. The van der Waals surface area contributed by atoms with E-state index in [4.69, 9.17) is 0 Å². The topological polar surface area (TPSA) is 89.1 Å². The Morgan fingerprint density at radius 1 is 1.35 bits per heavy atom. The summed E-state index contributed by atoms with van der Waals surface area (Å²) in [6.07, 6.45) is 10.1. The molecule has 3 aromatic rings. The van der Waals surface area contributed by atoms with Gasteiger partial charge in [0.25, 0.3) is 5.91 Å². The number of amides is 1. The molecule has 0 bridgehead atoms. The number of nitrogens with zero attached hydrogens (tertiary/aromatic N) is 5. The second kappa shape index (κ2) is 7.65. The summed E-state index contributed by atoms with van der Waals surface area (Å²) >= 11 is 0. The van der Waals surface area contributed by atoms with Gasteiger partial charge in [0.15, 0.2) is 5.69 Å². The number of rotatable bonds is 6. The minimum atomic E-state index is -0.214. The zero-order valence-corrected chi connectivity index (χ0v) is 14.6. The molecule has 1 amide bonds. The van der Waals surface area contributed by atoms with E-state index in [1.807, 2.05) is 24.4 Å². The van der Waals surface area contributed by atoms with Gasteiger partial charge >= 0.3 is 0 Å². The third-order valence-electron chi connectivity index (χ3n) is 4.85. The Morgan fingerprint density at radius 3 is 3.19 bits per heavy atom. The summed E-state index contributed by atoms with van der Waals surface area (Å²) in [6, 6.07) is 6.36. The van der Waals surface area contributed by atoms with Crippen molar-refractivity contribution < 1.29 is 4.79 Å². The van der Waals surface area contributed by atoms with Crippen LogP contribution in [0, 0.1) is 0 Å². The van der Waals surface area contributed by atoms with Crippen LogP contribution in [0.5, 0.6) is 0 Å². The van der Waals surface area contributed by atoms with Gasteiger partial charge in [0.05, 0.1) is 11.7 Å². The van der Waals surface area contributed by atoms with Crippen LogP contribution in [0.3, 0.4) is 0 Å². The van der Waals surface area contributed by atoms with E-state index in [-0.39, 0.29) is 5.91 Å². The highest BCUT2D eigenvalue weighted by molar-refractivity contribution is 5.91. The SMILES string of the molecule is O=C(NCc1cccn2nccc12)c1cn(CCC2CCCCN2)nn1. The number of aromatic nitrogens is 5. The molecule has 1 atom stereocenters. The van der Waals surface area contributed by atoms with Gasteiger partial charge in [0.1, 0.15) is 0 Å². The molecule has 0 spiro atoms. The third-order valence-corrected chi connectivity index (χ3v) is 4.85. The van der Waals surface area contributed by atoms with E-state index in [0.717, 1.165) is 30.6 Å². The van der Waals surface area contributed by atoms with Gasteiger partial charge in [-0.1, -0.05) is 17.7 Å². The summed E-state index contributed by atoms with van der Waals surface area (Å²) in [7, 11) is 0. The van der Waals surface area contributed by atoms with Gasteiger partial charge in [-0.15, -0.1) is 5.10 Å². The first kappa shape index (κ1) is 16.7. The number of piperidine rings is 1.